The van der Waals surface area contributed by atoms with Crippen LogP contribution in [0.2, 0.25) is 0 Å². The predicted molar refractivity (Wildman–Crippen MR) is 64.1 cm³/mol. The van der Waals surface area contributed by atoms with Gasteiger partial charge >= 0.3 is 0 Å². The van der Waals surface area contributed by atoms with Crippen LogP contribution in [-0.4, -0.2) is 18.6 Å². The number of aromatic nitrogens is 1. The lowest BCUT2D eigenvalue weighted by Crippen LogP contribution is -2.27. The topological polar surface area (TPSA) is 16.1 Å². The van der Waals surface area contributed by atoms with Crippen molar-refractivity contribution in [1.29, 1.82) is 0 Å². The zero-order chi connectivity index (χ0) is 10.5. The van der Waals surface area contributed by atoms with Crippen molar-refractivity contribution in [1.82, 2.24) is 4.98 Å². The van der Waals surface area contributed by atoms with Crippen LogP contribution < -0.4 is 4.90 Å². The fourth-order valence-electron chi connectivity index (χ4n) is 2.43. The third-order valence-corrected chi connectivity index (χ3v) is 3.30. The normalized spacial score (nSPS) is 17.7. The van der Waals surface area contributed by atoms with E-state index in [-0.39, 0.29) is 0 Å². The van der Waals surface area contributed by atoms with Gasteiger partial charge in [-0.1, -0.05) is 25.3 Å². The highest BCUT2D eigenvalue weighted by Gasteiger charge is 2.15. The van der Waals surface area contributed by atoms with E-state index in [4.69, 9.17) is 0 Å². The van der Waals surface area contributed by atoms with Gasteiger partial charge in [0.25, 0.3) is 0 Å². The van der Waals surface area contributed by atoms with Crippen molar-refractivity contribution in [3.63, 3.8) is 0 Å². The summed E-state index contributed by atoms with van der Waals surface area (Å²) in [6.45, 7) is 1.16. The summed E-state index contributed by atoms with van der Waals surface area (Å²) in [6, 6.07) is 6.11. The van der Waals surface area contributed by atoms with E-state index in [0.29, 0.717) is 0 Å². The SMILES string of the molecule is CN(CC1CCCCC1)c1ccccn1. The van der Waals surface area contributed by atoms with Crippen molar-refractivity contribution in [2.24, 2.45) is 5.92 Å². The number of hydrogen-bond acceptors (Lipinski definition) is 2. The van der Waals surface area contributed by atoms with E-state index in [1.54, 1.807) is 0 Å². The maximum absolute atomic E-state index is 4.37. The Hall–Kier alpha value is -1.05. The molecule has 82 valence electrons. The Morgan fingerprint density at radius 1 is 1.27 bits per heavy atom. The lowest BCUT2D eigenvalue weighted by atomic mass is 9.89. The number of pyridine rings is 1. The molecule has 15 heavy (non-hydrogen) atoms. The second-order valence-electron chi connectivity index (χ2n) is 4.57. The molecule has 1 aromatic heterocycles. The van der Waals surface area contributed by atoms with E-state index in [1.807, 2.05) is 12.3 Å². The molecule has 0 spiro atoms. The minimum Gasteiger partial charge on any atom is -0.359 e. The Kier molecular flexibility index (Phi) is 3.59. The number of nitrogens with zero attached hydrogens (tertiary/aromatic N) is 2. The maximum Gasteiger partial charge on any atom is 0.128 e. The van der Waals surface area contributed by atoms with E-state index in [2.05, 4.69) is 29.1 Å². The van der Waals surface area contributed by atoms with Gasteiger partial charge in [-0.3, -0.25) is 0 Å². The van der Waals surface area contributed by atoms with Crippen molar-refractivity contribution < 1.29 is 0 Å². The Bertz CT molecular complexity index is 278. The van der Waals surface area contributed by atoms with Crippen LogP contribution >= 0.6 is 0 Å². The molecule has 2 rings (SSSR count). The lowest BCUT2D eigenvalue weighted by Gasteiger charge is -2.27. The Labute approximate surface area is 92.3 Å². The summed E-state index contributed by atoms with van der Waals surface area (Å²) in [4.78, 5) is 6.66. The van der Waals surface area contributed by atoms with Crippen molar-refractivity contribution >= 4 is 5.82 Å². The lowest BCUT2D eigenvalue weighted by molar-refractivity contribution is 0.361. The van der Waals surface area contributed by atoms with Crippen LogP contribution in [0.25, 0.3) is 0 Å². The van der Waals surface area contributed by atoms with E-state index < -0.39 is 0 Å². The standard InChI is InChI=1S/C13H20N2/c1-15(13-9-5-6-10-14-13)11-12-7-3-2-4-8-12/h5-6,9-10,12H,2-4,7-8,11H2,1H3. The molecular weight excluding hydrogens is 184 g/mol. The Morgan fingerprint density at radius 2 is 2.07 bits per heavy atom. The van der Waals surface area contributed by atoms with Gasteiger partial charge < -0.3 is 4.90 Å². The fraction of sp³-hybridized carbons (Fsp3) is 0.615. The molecule has 1 heterocycles. The zero-order valence-electron chi connectivity index (χ0n) is 9.52. The molecule has 0 amide bonds. The van der Waals surface area contributed by atoms with E-state index >= 15 is 0 Å². The van der Waals surface area contributed by atoms with E-state index in [9.17, 15) is 0 Å². The van der Waals surface area contributed by atoms with Crippen molar-refractivity contribution in [3.05, 3.63) is 24.4 Å². The van der Waals surface area contributed by atoms with Crippen molar-refractivity contribution in [2.45, 2.75) is 32.1 Å². The van der Waals surface area contributed by atoms with Gasteiger partial charge in [-0.05, 0) is 30.9 Å². The Balaban J connectivity index is 1.88. The molecule has 0 N–H and O–H groups in total. The van der Waals surface area contributed by atoms with Crippen LogP contribution in [0.15, 0.2) is 24.4 Å². The van der Waals surface area contributed by atoms with Gasteiger partial charge in [-0.15, -0.1) is 0 Å². The molecule has 1 aliphatic rings. The average Bonchev–Trinajstić information content (AvgIpc) is 2.31. The minimum absolute atomic E-state index is 0.880. The first-order chi connectivity index (χ1) is 7.36. The predicted octanol–water partition coefficient (Wildman–Crippen LogP) is 3.10. The first-order valence-corrected chi connectivity index (χ1v) is 5.98. The molecule has 2 nitrogen and oxygen atoms in total. The molecule has 0 radical (unpaired) electrons. The van der Waals surface area contributed by atoms with Crippen LogP contribution in [0.1, 0.15) is 32.1 Å². The molecule has 1 aliphatic carbocycles. The summed E-state index contributed by atoms with van der Waals surface area (Å²) in [7, 11) is 2.15. The second kappa shape index (κ2) is 5.15. The fourth-order valence-corrected chi connectivity index (χ4v) is 2.43. The molecular formula is C13H20N2. The van der Waals surface area contributed by atoms with Crippen LogP contribution in [-0.2, 0) is 0 Å². The van der Waals surface area contributed by atoms with Gasteiger partial charge in [-0.2, -0.15) is 0 Å². The molecule has 0 saturated heterocycles. The van der Waals surface area contributed by atoms with Gasteiger partial charge in [0.15, 0.2) is 0 Å². The van der Waals surface area contributed by atoms with Crippen molar-refractivity contribution in [2.75, 3.05) is 18.5 Å². The second-order valence-corrected chi connectivity index (χ2v) is 4.57. The van der Waals surface area contributed by atoms with Gasteiger partial charge in [0.05, 0.1) is 0 Å². The van der Waals surface area contributed by atoms with Crippen LogP contribution in [0.4, 0.5) is 5.82 Å². The molecule has 0 unspecified atom stereocenters. The maximum atomic E-state index is 4.37. The third-order valence-electron chi connectivity index (χ3n) is 3.30. The van der Waals surface area contributed by atoms with Gasteiger partial charge in [0.1, 0.15) is 5.82 Å². The minimum atomic E-state index is 0.880. The summed E-state index contributed by atoms with van der Waals surface area (Å²) in [5.41, 5.74) is 0. The highest BCUT2D eigenvalue weighted by molar-refractivity contribution is 5.36. The third kappa shape index (κ3) is 2.95. The molecule has 0 aromatic carbocycles. The summed E-state index contributed by atoms with van der Waals surface area (Å²) in [6.07, 6.45) is 8.94. The summed E-state index contributed by atoms with van der Waals surface area (Å²) >= 11 is 0. The summed E-state index contributed by atoms with van der Waals surface area (Å²) in [5.74, 6) is 1.98. The molecule has 1 aromatic rings. The first-order valence-electron chi connectivity index (χ1n) is 5.98. The Morgan fingerprint density at radius 3 is 2.73 bits per heavy atom. The van der Waals surface area contributed by atoms with Gasteiger partial charge in [0.2, 0.25) is 0 Å². The highest BCUT2D eigenvalue weighted by Crippen LogP contribution is 2.25. The van der Waals surface area contributed by atoms with Crippen molar-refractivity contribution in [3.8, 4) is 0 Å². The smallest absolute Gasteiger partial charge is 0.128 e. The quantitative estimate of drug-likeness (QED) is 0.752. The molecule has 1 saturated carbocycles. The van der Waals surface area contributed by atoms with Crippen LogP contribution in [0.5, 0.6) is 0 Å². The zero-order valence-corrected chi connectivity index (χ0v) is 9.52. The molecule has 0 aliphatic heterocycles. The van der Waals surface area contributed by atoms with Crippen LogP contribution in [0.3, 0.4) is 0 Å². The van der Waals surface area contributed by atoms with Gasteiger partial charge in [0, 0.05) is 19.8 Å². The largest absolute Gasteiger partial charge is 0.359 e. The average molecular weight is 204 g/mol. The molecule has 2 heteroatoms. The van der Waals surface area contributed by atoms with Crippen LogP contribution in [0, 0.1) is 5.92 Å². The van der Waals surface area contributed by atoms with Gasteiger partial charge in [-0.25, -0.2) is 4.98 Å². The number of rotatable bonds is 3. The van der Waals surface area contributed by atoms with E-state index in [1.165, 1.54) is 32.1 Å². The molecule has 1 fully saturated rings. The molecule has 0 atom stereocenters. The number of hydrogen-bond donors (Lipinski definition) is 0. The van der Waals surface area contributed by atoms with E-state index in [0.717, 1.165) is 18.3 Å². The summed E-state index contributed by atoms with van der Waals surface area (Å²) < 4.78 is 0. The summed E-state index contributed by atoms with van der Waals surface area (Å²) in [5, 5.41) is 0. The monoisotopic (exact) mass is 204 g/mol. The first kappa shape index (κ1) is 10.5. The number of anilines is 1. The molecule has 0 bridgehead atoms. The highest BCUT2D eigenvalue weighted by atomic mass is 15.2.